The van der Waals surface area contributed by atoms with Crippen molar-refractivity contribution in [3.63, 3.8) is 0 Å². The third-order valence-electron chi connectivity index (χ3n) is 0.886. The van der Waals surface area contributed by atoms with Crippen LogP contribution < -0.4 is 0 Å². The Bertz CT molecular complexity index is 214. The zero-order valence-electron chi connectivity index (χ0n) is 5.78. The Kier molecular flexibility index (Phi) is 3.66. The van der Waals surface area contributed by atoms with Crippen molar-refractivity contribution in [2.24, 2.45) is 0 Å². The van der Waals surface area contributed by atoms with E-state index in [1.807, 2.05) is 0 Å². The first-order valence-corrected chi connectivity index (χ1v) is 2.84. The van der Waals surface area contributed by atoms with Gasteiger partial charge in [-0.15, -0.1) is 0 Å². The average molecular weight is 156 g/mol. The van der Waals surface area contributed by atoms with Crippen molar-refractivity contribution in [3.05, 3.63) is 24.3 Å². The topological polar surface area (TPSA) is 74.6 Å². The number of rotatable bonds is 4. The summed E-state index contributed by atoms with van der Waals surface area (Å²) in [5, 5.41) is 16.4. The number of carbonyl (C=O) groups is 2. The van der Waals surface area contributed by atoms with Gasteiger partial charge in [0.15, 0.2) is 0 Å². The van der Waals surface area contributed by atoms with Crippen molar-refractivity contribution in [3.8, 4) is 0 Å². The molecule has 60 valence electrons. The molecule has 0 aromatic rings. The maximum atomic E-state index is 10.1. The SMILES string of the molecule is C=C(C=CCC(=O)O)C(=O)O. The minimum atomic E-state index is -1.15. The molecule has 0 aromatic heterocycles. The van der Waals surface area contributed by atoms with E-state index in [-0.39, 0.29) is 12.0 Å². The van der Waals surface area contributed by atoms with Gasteiger partial charge in [0.25, 0.3) is 0 Å². The Labute approximate surface area is 63.5 Å². The van der Waals surface area contributed by atoms with Crippen molar-refractivity contribution in [1.29, 1.82) is 0 Å². The molecular formula is C7H8O4. The molecule has 0 aliphatic heterocycles. The highest BCUT2D eigenvalue weighted by atomic mass is 16.4. The standard InChI is InChI=1S/C7H8O4/c1-5(7(10)11)3-2-4-6(8)9/h2-3H,1,4H2,(H,8,9)(H,10,11). The van der Waals surface area contributed by atoms with Gasteiger partial charge in [-0.3, -0.25) is 4.79 Å². The van der Waals surface area contributed by atoms with E-state index in [0.717, 1.165) is 6.08 Å². The van der Waals surface area contributed by atoms with Crippen molar-refractivity contribution < 1.29 is 19.8 Å². The highest BCUT2D eigenvalue weighted by Crippen LogP contribution is 1.93. The fourth-order valence-electron chi connectivity index (χ4n) is 0.373. The lowest BCUT2D eigenvalue weighted by atomic mass is 10.2. The summed E-state index contributed by atoms with van der Waals surface area (Å²) >= 11 is 0. The minimum Gasteiger partial charge on any atom is -0.481 e. The molecule has 0 atom stereocenters. The third-order valence-corrected chi connectivity index (χ3v) is 0.886. The van der Waals surface area contributed by atoms with Crippen molar-refractivity contribution in [2.75, 3.05) is 0 Å². The molecule has 4 heteroatoms. The normalized spacial score (nSPS) is 9.82. The van der Waals surface area contributed by atoms with Crippen molar-refractivity contribution in [2.45, 2.75) is 6.42 Å². The monoisotopic (exact) mass is 156 g/mol. The molecular weight excluding hydrogens is 148 g/mol. The molecule has 0 bridgehead atoms. The summed E-state index contributed by atoms with van der Waals surface area (Å²) in [4.78, 5) is 20.0. The average Bonchev–Trinajstić information content (AvgIpc) is 1.86. The smallest absolute Gasteiger partial charge is 0.335 e. The number of carboxylic acid groups (broad SMARTS) is 2. The van der Waals surface area contributed by atoms with Gasteiger partial charge in [0.2, 0.25) is 0 Å². The van der Waals surface area contributed by atoms with E-state index < -0.39 is 11.9 Å². The van der Waals surface area contributed by atoms with Gasteiger partial charge in [0.1, 0.15) is 0 Å². The van der Waals surface area contributed by atoms with E-state index in [9.17, 15) is 9.59 Å². The molecule has 0 saturated heterocycles. The number of hydrogen-bond donors (Lipinski definition) is 2. The van der Waals surface area contributed by atoms with Crippen LogP contribution in [0.2, 0.25) is 0 Å². The lowest BCUT2D eigenvalue weighted by Crippen LogP contribution is -1.96. The van der Waals surface area contributed by atoms with Gasteiger partial charge >= 0.3 is 11.9 Å². The fraction of sp³-hybridized carbons (Fsp3) is 0.143. The summed E-state index contributed by atoms with van der Waals surface area (Å²) in [5.41, 5.74) is -0.119. The van der Waals surface area contributed by atoms with Gasteiger partial charge in [-0.1, -0.05) is 18.7 Å². The van der Waals surface area contributed by atoms with Gasteiger partial charge in [-0.05, 0) is 0 Å². The second-order valence-corrected chi connectivity index (χ2v) is 1.83. The highest BCUT2D eigenvalue weighted by Gasteiger charge is 1.97. The van der Waals surface area contributed by atoms with Crippen LogP contribution in [0, 0.1) is 0 Å². The summed E-state index contributed by atoms with van der Waals surface area (Å²) < 4.78 is 0. The first-order valence-electron chi connectivity index (χ1n) is 2.84. The van der Waals surface area contributed by atoms with Crippen LogP contribution in [-0.2, 0) is 9.59 Å². The number of aliphatic carboxylic acids is 2. The Morgan fingerprint density at radius 2 is 1.91 bits per heavy atom. The van der Waals surface area contributed by atoms with Gasteiger partial charge in [-0.25, -0.2) is 4.79 Å². The maximum Gasteiger partial charge on any atom is 0.335 e. The van der Waals surface area contributed by atoms with Crippen LogP contribution in [0.5, 0.6) is 0 Å². The Morgan fingerprint density at radius 1 is 1.36 bits per heavy atom. The fourth-order valence-corrected chi connectivity index (χ4v) is 0.373. The second-order valence-electron chi connectivity index (χ2n) is 1.83. The number of carboxylic acids is 2. The largest absolute Gasteiger partial charge is 0.481 e. The van der Waals surface area contributed by atoms with Gasteiger partial charge in [0.05, 0.1) is 12.0 Å². The van der Waals surface area contributed by atoms with Gasteiger partial charge in [-0.2, -0.15) is 0 Å². The lowest BCUT2D eigenvalue weighted by Gasteiger charge is -1.87. The van der Waals surface area contributed by atoms with E-state index in [2.05, 4.69) is 6.58 Å². The quantitative estimate of drug-likeness (QED) is 0.463. The first kappa shape index (κ1) is 9.42. The van der Waals surface area contributed by atoms with E-state index in [4.69, 9.17) is 10.2 Å². The lowest BCUT2D eigenvalue weighted by molar-refractivity contribution is -0.136. The van der Waals surface area contributed by atoms with Crippen LogP contribution in [0.15, 0.2) is 24.3 Å². The molecule has 0 aliphatic carbocycles. The van der Waals surface area contributed by atoms with Crippen LogP contribution in [0.1, 0.15) is 6.42 Å². The van der Waals surface area contributed by atoms with E-state index in [1.165, 1.54) is 6.08 Å². The van der Waals surface area contributed by atoms with Crippen molar-refractivity contribution >= 4 is 11.9 Å². The molecule has 0 fully saturated rings. The van der Waals surface area contributed by atoms with E-state index >= 15 is 0 Å². The molecule has 0 aliphatic rings. The highest BCUT2D eigenvalue weighted by molar-refractivity contribution is 5.89. The van der Waals surface area contributed by atoms with E-state index in [1.54, 1.807) is 0 Å². The summed E-state index contributed by atoms with van der Waals surface area (Å²) in [7, 11) is 0. The predicted octanol–water partition coefficient (Wildman–Crippen LogP) is 0.658. The maximum absolute atomic E-state index is 10.1. The zero-order chi connectivity index (χ0) is 8.85. The summed E-state index contributed by atoms with van der Waals surface area (Å²) in [6.07, 6.45) is 2.21. The van der Waals surface area contributed by atoms with Crippen LogP contribution in [-0.4, -0.2) is 22.2 Å². The Balaban J connectivity index is 3.84. The zero-order valence-corrected chi connectivity index (χ0v) is 5.78. The molecule has 0 radical (unpaired) electrons. The molecule has 0 spiro atoms. The molecule has 0 rings (SSSR count). The molecule has 0 heterocycles. The Morgan fingerprint density at radius 3 is 2.27 bits per heavy atom. The van der Waals surface area contributed by atoms with Crippen LogP contribution in [0.3, 0.4) is 0 Å². The van der Waals surface area contributed by atoms with Crippen molar-refractivity contribution in [1.82, 2.24) is 0 Å². The molecule has 0 amide bonds. The van der Waals surface area contributed by atoms with Gasteiger partial charge < -0.3 is 10.2 Å². The Hall–Kier alpha value is -1.58. The van der Waals surface area contributed by atoms with Crippen LogP contribution in [0.25, 0.3) is 0 Å². The summed E-state index contributed by atoms with van der Waals surface area (Å²) in [6.45, 7) is 3.17. The first-order chi connectivity index (χ1) is 5.04. The number of hydrogen-bond acceptors (Lipinski definition) is 2. The molecule has 0 unspecified atom stereocenters. The molecule has 11 heavy (non-hydrogen) atoms. The summed E-state index contributed by atoms with van der Waals surface area (Å²) in [5.74, 6) is -2.15. The van der Waals surface area contributed by atoms with Crippen LogP contribution in [0.4, 0.5) is 0 Å². The predicted molar refractivity (Wildman–Crippen MR) is 38.2 cm³/mol. The summed E-state index contributed by atoms with van der Waals surface area (Å²) in [6, 6.07) is 0. The van der Waals surface area contributed by atoms with Gasteiger partial charge in [0, 0.05) is 0 Å². The minimum absolute atomic E-state index is 0.119. The van der Waals surface area contributed by atoms with Crippen LogP contribution >= 0.6 is 0 Å². The second kappa shape index (κ2) is 4.27. The molecule has 4 nitrogen and oxygen atoms in total. The van der Waals surface area contributed by atoms with E-state index in [0.29, 0.717) is 0 Å². The molecule has 0 aromatic carbocycles. The molecule has 2 N–H and O–H groups in total. The molecule has 0 saturated carbocycles. The third kappa shape index (κ3) is 4.90.